The quantitative estimate of drug-likeness (QED) is 0.746. The minimum absolute atomic E-state index is 0.0200. The van der Waals surface area contributed by atoms with Gasteiger partial charge in [-0.05, 0) is 25.0 Å². The maximum Gasteiger partial charge on any atom is 0.258 e. The van der Waals surface area contributed by atoms with E-state index in [9.17, 15) is 4.79 Å². The molecule has 0 radical (unpaired) electrons. The molecule has 1 fully saturated rings. The largest absolute Gasteiger partial charge is 0.497 e. The molecule has 5 heteroatoms. The van der Waals surface area contributed by atoms with Crippen LogP contribution in [-0.4, -0.2) is 25.7 Å². The Hall–Kier alpha value is -1.91. The minimum Gasteiger partial charge on any atom is -0.497 e. The third-order valence-electron chi connectivity index (χ3n) is 2.52. The standard InChI is InChI=1S/C12H16N2O3/c1-16-9-4-5-10(13)11(6-9)17-7-12(15)14-8-2-3-8/h4-6,8H,2-3,7,13H2,1H3,(H,14,15). The highest BCUT2D eigenvalue weighted by Crippen LogP contribution is 2.26. The van der Waals surface area contributed by atoms with Crippen LogP contribution in [0, 0.1) is 0 Å². The summed E-state index contributed by atoms with van der Waals surface area (Å²) >= 11 is 0. The molecule has 0 aliphatic heterocycles. The van der Waals surface area contributed by atoms with Gasteiger partial charge in [0.1, 0.15) is 11.5 Å². The number of rotatable bonds is 5. The molecular formula is C12H16N2O3. The molecule has 3 N–H and O–H groups in total. The molecule has 1 aliphatic rings. The third kappa shape index (κ3) is 3.27. The number of carbonyl (C=O) groups excluding carboxylic acids is 1. The molecule has 0 unspecified atom stereocenters. The molecule has 0 spiro atoms. The third-order valence-corrected chi connectivity index (χ3v) is 2.52. The van der Waals surface area contributed by atoms with Crippen LogP contribution in [0.5, 0.6) is 11.5 Å². The first-order valence-corrected chi connectivity index (χ1v) is 5.54. The van der Waals surface area contributed by atoms with Gasteiger partial charge < -0.3 is 20.5 Å². The first-order valence-electron chi connectivity index (χ1n) is 5.54. The van der Waals surface area contributed by atoms with Crippen molar-refractivity contribution >= 4 is 11.6 Å². The molecule has 5 nitrogen and oxygen atoms in total. The zero-order valence-electron chi connectivity index (χ0n) is 9.73. The van der Waals surface area contributed by atoms with E-state index in [0.717, 1.165) is 12.8 Å². The number of nitrogen functional groups attached to an aromatic ring is 1. The molecular weight excluding hydrogens is 220 g/mol. The SMILES string of the molecule is COc1ccc(N)c(OCC(=O)NC2CC2)c1. The van der Waals surface area contributed by atoms with E-state index in [4.69, 9.17) is 15.2 Å². The summed E-state index contributed by atoms with van der Waals surface area (Å²) in [6.45, 7) is -0.0200. The maximum absolute atomic E-state index is 11.4. The first kappa shape index (κ1) is 11.6. The van der Waals surface area contributed by atoms with E-state index < -0.39 is 0 Å². The predicted octanol–water partition coefficient (Wildman–Crippen LogP) is 0.935. The van der Waals surface area contributed by atoms with Crippen LogP contribution in [0.15, 0.2) is 18.2 Å². The molecule has 2 rings (SSSR count). The second-order valence-electron chi connectivity index (χ2n) is 4.03. The van der Waals surface area contributed by atoms with Crippen LogP contribution < -0.4 is 20.5 Å². The highest BCUT2D eigenvalue weighted by atomic mass is 16.5. The number of hydrogen-bond acceptors (Lipinski definition) is 4. The Kier molecular flexibility index (Phi) is 3.37. The molecule has 0 bridgehead atoms. The molecule has 0 aromatic heterocycles. The summed E-state index contributed by atoms with van der Waals surface area (Å²) in [6, 6.07) is 5.44. The lowest BCUT2D eigenvalue weighted by Crippen LogP contribution is -2.30. The molecule has 17 heavy (non-hydrogen) atoms. The van der Waals surface area contributed by atoms with Gasteiger partial charge in [0.25, 0.3) is 5.91 Å². The van der Waals surface area contributed by atoms with Crippen LogP contribution in [-0.2, 0) is 4.79 Å². The van der Waals surface area contributed by atoms with Crippen molar-refractivity contribution in [1.29, 1.82) is 0 Å². The van der Waals surface area contributed by atoms with E-state index in [1.807, 2.05) is 0 Å². The molecule has 1 aromatic rings. The van der Waals surface area contributed by atoms with Gasteiger partial charge in [0.2, 0.25) is 0 Å². The number of amides is 1. The van der Waals surface area contributed by atoms with Gasteiger partial charge >= 0.3 is 0 Å². The zero-order valence-corrected chi connectivity index (χ0v) is 9.73. The summed E-state index contributed by atoms with van der Waals surface area (Å²) in [5.74, 6) is 1.00. The highest BCUT2D eigenvalue weighted by molar-refractivity contribution is 5.78. The number of hydrogen-bond donors (Lipinski definition) is 2. The van der Waals surface area contributed by atoms with E-state index in [-0.39, 0.29) is 12.5 Å². The van der Waals surface area contributed by atoms with Gasteiger partial charge in [-0.15, -0.1) is 0 Å². The van der Waals surface area contributed by atoms with Gasteiger partial charge in [-0.25, -0.2) is 0 Å². The fourth-order valence-corrected chi connectivity index (χ4v) is 1.41. The summed E-state index contributed by atoms with van der Waals surface area (Å²) in [5, 5.41) is 2.84. The van der Waals surface area contributed by atoms with Crippen LogP contribution in [0.4, 0.5) is 5.69 Å². The number of methoxy groups -OCH3 is 1. The average Bonchev–Trinajstić information content (AvgIpc) is 3.12. The Balaban J connectivity index is 1.90. The van der Waals surface area contributed by atoms with E-state index in [1.165, 1.54) is 0 Å². The Morgan fingerprint density at radius 3 is 2.94 bits per heavy atom. The second kappa shape index (κ2) is 4.95. The molecule has 1 aliphatic carbocycles. The van der Waals surface area contributed by atoms with Crippen molar-refractivity contribution in [3.63, 3.8) is 0 Å². The molecule has 1 amide bonds. The van der Waals surface area contributed by atoms with Gasteiger partial charge in [0.15, 0.2) is 6.61 Å². The fourth-order valence-electron chi connectivity index (χ4n) is 1.41. The van der Waals surface area contributed by atoms with Gasteiger partial charge in [-0.3, -0.25) is 4.79 Å². The van der Waals surface area contributed by atoms with E-state index in [1.54, 1.807) is 25.3 Å². The van der Waals surface area contributed by atoms with Gasteiger partial charge in [0.05, 0.1) is 12.8 Å². The van der Waals surface area contributed by atoms with Crippen molar-refractivity contribution in [3.05, 3.63) is 18.2 Å². The van der Waals surface area contributed by atoms with E-state index >= 15 is 0 Å². The first-order chi connectivity index (χ1) is 8.19. The summed E-state index contributed by atoms with van der Waals surface area (Å²) in [4.78, 5) is 11.4. The Bertz CT molecular complexity index is 416. The van der Waals surface area contributed by atoms with Crippen molar-refractivity contribution < 1.29 is 14.3 Å². The van der Waals surface area contributed by atoms with Gasteiger partial charge in [0, 0.05) is 12.1 Å². The number of nitrogens with two attached hydrogens (primary N) is 1. The number of anilines is 1. The number of benzene rings is 1. The van der Waals surface area contributed by atoms with E-state index in [2.05, 4.69) is 5.32 Å². The lowest BCUT2D eigenvalue weighted by atomic mass is 10.3. The molecule has 0 atom stereocenters. The van der Waals surface area contributed by atoms with E-state index in [0.29, 0.717) is 23.2 Å². The summed E-state index contributed by atoms with van der Waals surface area (Å²) in [5.41, 5.74) is 6.22. The zero-order chi connectivity index (χ0) is 12.3. The topological polar surface area (TPSA) is 73.6 Å². The number of nitrogens with one attached hydrogen (secondary N) is 1. The monoisotopic (exact) mass is 236 g/mol. The average molecular weight is 236 g/mol. The van der Waals surface area contributed by atoms with Crippen molar-refractivity contribution in [2.75, 3.05) is 19.5 Å². The molecule has 0 heterocycles. The number of carbonyl (C=O) groups is 1. The van der Waals surface area contributed by atoms with Crippen molar-refractivity contribution in [2.24, 2.45) is 0 Å². The molecule has 1 saturated carbocycles. The molecule has 1 aromatic carbocycles. The van der Waals surface area contributed by atoms with Crippen LogP contribution in [0.3, 0.4) is 0 Å². The lowest BCUT2D eigenvalue weighted by Gasteiger charge is -2.10. The Morgan fingerprint density at radius 2 is 2.29 bits per heavy atom. The normalized spacial score (nSPS) is 14.2. The second-order valence-corrected chi connectivity index (χ2v) is 4.03. The Morgan fingerprint density at radius 1 is 1.53 bits per heavy atom. The summed E-state index contributed by atoms with van der Waals surface area (Å²) < 4.78 is 10.4. The van der Waals surface area contributed by atoms with Crippen LogP contribution >= 0.6 is 0 Å². The van der Waals surface area contributed by atoms with Gasteiger partial charge in [-0.2, -0.15) is 0 Å². The summed E-state index contributed by atoms with van der Waals surface area (Å²) in [6.07, 6.45) is 2.13. The van der Waals surface area contributed by atoms with Crippen molar-refractivity contribution in [2.45, 2.75) is 18.9 Å². The minimum atomic E-state index is -0.116. The molecule has 92 valence electrons. The molecule has 0 saturated heterocycles. The summed E-state index contributed by atoms with van der Waals surface area (Å²) in [7, 11) is 1.56. The smallest absolute Gasteiger partial charge is 0.258 e. The highest BCUT2D eigenvalue weighted by Gasteiger charge is 2.23. The van der Waals surface area contributed by atoms with Crippen LogP contribution in [0.1, 0.15) is 12.8 Å². The number of ether oxygens (including phenoxy) is 2. The Labute approximate surface area is 99.9 Å². The maximum atomic E-state index is 11.4. The van der Waals surface area contributed by atoms with Crippen LogP contribution in [0.25, 0.3) is 0 Å². The fraction of sp³-hybridized carbons (Fsp3) is 0.417. The van der Waals surface area contributed by atoms with Crippen molar-refractivity contribution in [1.82, 2.24) is 5.32 Å². The van der Waals surface area contributed by atoms with Crippen molar-refractivity contribution in [3.8, 4) is 11.5 Å². The lowest BCUT2D eigenvalue weighted by molar-refractivity contribution is -0.123. The predicted molar refractivity (Wildman–Crippen MR) is 64.1 cm³/mol. The van der Waals surface area contributed by atoms with Gasteiger partial charge in [-0.1, -0.05) is 0 Å². The van der Waals surface area contributed by atoms with Crippen LogP contribution in [0.2, 0.25) is 0 Å².